The highest BCUT2D eigenvalue weighted by Gasteiger charge is 2.30. The number of halogens is 1. The van der Waals surface area contributed by atoms with Crippen molar-refractivity contribution >= 4 is 22.7 Å². The van der Waals surface area contributed by atoms with Gasteiger partial charge in [-0.1, -0.05) is 19.9 Å². The fourth-order valence-corrected chi connectivity index (χ4v) is 3.94. The second kappa shape index (κ2) is 7.73. The van der Waals surface area contributed by atoms with Crippen LogP contribution in [-0.4, -0.2) is 28.3 Å². The van der Waals surface area contributed by atoms with Gasteiger partial charge in [-0.2, -0.15) is 4.39 Å². The summed E-state index contributed by atoms with van der Waals surface area (Å²) in [5, 5.41) is 4.03. The number of nitrogens with two attached hydrogens (primary N) is 1. The van der Waals surface area contributed by atoms with Crippen molar-refractivity contribution in [1.82, 2.24) is 14.9 Å². The number of amides is 1. The maximum atomic E-state index is 13.6. The van der Waals surface area contributed by atoms with Crippen LogP contribution >= 0.6 is 0 Å². The van der Waals surface area contributed by atoms with Gasteiger partial charge in [0.15, 0.2) is 0 Å². The highest BCUT2D eigenvalue weighted by Crippen LogP contribution is 2.35. The number of pyridine rings is 1. The highest BCUT2D eigenvalue weighted by molar-refractivity contribution is 5.89. The highest BCUT2D eigenvalue weighted by atomic mass is 19.1. The molecule has 0 saturated heterocycles. The van der Waals surface area contributed by atoms with Crippen LogP contribution < -0.4 is 11.1 Å². The summed E-state index contributed by atoms with van der Waals surface area (Å²) in [6, 6.07) is 10.6. The molecule has 0 fully saturated rings. The Morgan fingerprint density at radius 1 is 1.34 bits per heavy atom. The molecule has 7 heteroatoms. The Kier molecular flexibility index (Phi) is 5.13. The topological polar surface area (TPSA) is 82.2 Å². The van der Waals surface area contributed by atoms with E-state index in [0.717, 1.165) is 22.2 Å². The molecular formula is C22H25FN4O2. The molecule has 1 aliphatic carbocycles. The van der Waals surface area contributed by atoms with Crippen LogP contribution in [0.2, 0.25) is 0 Å². The fourth-order valence-electron chi connectivity index (χ4n) is 3.94. The maximum absolute atomic E-state index is 13.6. The summed E-state index contributed by atoms with van der Waals surface area (Å²) in [5.41, 5.74) is 10.7. The molecule has 0 radical (unpaired) electrons. The van der Waals surface area contributed by atoms with Crippen molar-refractivity contribution in [2.45, 2.75) is 39.3 Å². The molecule has 0 aliphatic heterocycles. The SMILES string of the molecule is CC(C)COC(=O)N[C@H]1Cc2c(n(Cc3cccc(F)n3)c3ccc(N)cc23)C1. The first kappa shape index (κ1) is 19.2. The molecule has 2 aromatic heterocycles. The van der Waals surface area contributed by atoms with Gasteiger partial charge in [-0.25, -0.2) is 9.78 Å². The first-order chi connectivity index (χ1) is 13.9. The number of carbonyl (C=O) groups is 1. The molecule has 29 heavy (non-hydrogen) atoms. The predicted molar refractivity (Wildman–Crippen MR) is 110 cm³/mol. The van der Waals surface area contributed by atoms with E-state index >= 15 is 0 Å². The van der Waals surface area contributed by atoms with Crippen molar-refractivity contribution in [3.8, 4) is 0 Å². The Morgan fingerprint density at radius 3 is 2.93 bits per heavy atom. The number of benzene rings is 1. The Bertz CT molecular complexity index is 1060. The molecule has 0 bridgehead atoms. The molecule has 1 aromatic carbocycles. The van der Waals surface area contributed by atoms with Gasteiger partial charge in [-0.15, -0.1) is 0 Å². The zero-order valence-electron chi connectivity index (χ0n) is 16.6. The van der Waals surface area contributed by atoms with Crippen molar-refractivity contribution in [2.75, 3.05) is 12.3 Å². The molecule has 0 saturated carbocycles. The lowest BCUT2D eigenvalue weighted by atomic mass is 10.1. The van der Waals surface area contributed by atoms with Crippen LogP contribution in [-0.2, 0) is 24.1 Å². The molecule has 3 N–H and O–H groups in total. The van der Waals surface area contributed by atoms with Gasteiger partial charge in [0.05, 0.1) is 18.8 Å². The number of nitrogen functional groups attached to an aromatic ring is 1. The van der Waals surface area contributed by atoms with E-state index in [4.69, 9.17) is 10.5 Å². The van der Waals surface area contributed by atoms with Crippen LogP contribution in [0.3, 0.4) is 0 Å². The summed E-state index contributed by atoms with van der Waals surface area (Å²) in [4.78, 5) is 16.1. The number of nitrogens with one attached hydrogen (secondary N) is 1. The molecule has 3 aromatic rings. The lowest BCUT2D eigenvalue weighted by Crippen LogP contribution is -2.36. The van der Waals surface area contributed by atoms with Crippen LogP contribution in [0.25, 0.3) is 10.9 Å². The molecule has 1 atom stereocenters. The van der Waals surface area contributed by atoms with Crippen LogP contribution in [0.5, 0.6) is 0 Å². The average Bonchev–Trinajstić information content (AvgIpc) is 3.18. The van der Waals surface area contributed by atoms with E-state index in [2.05, 4.69) is 14.9 Å². The summed E-state index contributed by atoms with van der Waals surface area (Å²) < 4.78 is 21.0. The van der Waals surface area contributed by atoms with Gasteiger partial charge in [-0.3, -0.25) is 0 Å². The van der Waals surface area contributed by atoms with E-state index in [1.807, 2.05) is 38.1 Å². The molecule has 1 aliphatic rings. The number of hydrogen-bond acceptors (Lipinski definition) is 4. The number of aromatic nitrogens is 2. The predicted octanol–water partition coefficient (Wildman–Crippen LogP) is 3.66. The monoisotopic (exact) mass is 396 g/mol. The fraction of sp³-hybridized carbons (Fsp3) is 0.364. The van der Waals surface area contributed by atoms with Gasteiger partial charge in [0.25, 0.3) is 0 Å². The third-order valence-electron chi connectivity index (χ3n) is 5.16. The van der Waals surface area contributed by atoms with Crippen molar-refractivity contribution in [3.05, 3.63) is 59.3 Å². The first-order valence-electron chi connectivity index (χ1n) is 9.85. The molecule has 2 heterocycles. The van der Waals surface area contributed by atoms with Gasteiger partial charge < -0.3 is 20.4 Å². The summed E-state index contributed by atoms with van der Waals surface area (Å²) in [6.07, 6.45) is 0.988. The maximum Gasteiger partial charge on any atom is 0.407 e. The molecule has 0 unspecified atom stereocenters. The molecule has 0 spiro atoms. The largest absolute Gasteiger partial charge is 0.449 e. The van der Waals surface area contributed by atoms with Crippen molar-refractivity contribution in [1.29, 1.82) is 0 Å². The summed E-state index contributed by atoms with van der Waals surface area (Å²) in [7, 11) is 0. The van der Waals surface area contributed by atoms with Crippen molar-refractivity contribution < 1.29 is 13.9 Å². The molecule has 1 amide bonds. The zero-order chi connectivity index (χ0) is 20.5. The third-order valence-corrected chi connectivity index (χ3v) is 5.16. The van der Waals surface area contributed by atoms with Gasteiger partial charge in [0, 0.05) is 34.7 Å². The standard InChI is InChI=1S/C22H25FN4O2/c1-13(2)12-29-22(28)26-16-9-18-17-8-14(24)6-7-19(17)27(20(18)10-16)11-15-4-3-5-21(23)25-15/h3-8,13,16H,9-12,24H2,1-2H3,(H,26,28)/t16-/m0/s1. The lowest BCUT2D eigenvalue weighted by molar-refractivity contribution is 0.129. The number of rotatable bonds is 5. The van der Waals surface area contributed by atoms with E-state index in [9.17, 15) is 9.18 Å². The average molecular weight is 396 g/mol. The number of carbonyl (C=O) groups excluding carboxylic acids is 1. The smallest absolute Gasteiger partial charge is 0.407 e. The number of ether oxygens (including phenoxy) is 1. The number of hydrogen-bond donors (Lipinski definition) is 2. The Hall–Kier alpha value is -3.09. The first-order valence-corrected chi connectivity index (χ1v) is 9.85. The summed E-state index contributed by atoms with van der Waals surface area (Å²) in [6.45, 7) is 4.84. The molecule has 4 rings (SSSR count). The van der Waals surface area contributed by atoms with Crippen LogP contribution in [0.4, 0.5) is 14.9 Å². The van der Waals surface area contributed by atoms with E-state index < -0.39 is 12.0 Å². The zero-order valence-corrected chi connectivity index (χ0v) is 16.6. The number of nitrogens with zero attached hydrogens (tertiary/aromatic N) is 2. The van der Waals surface area contributed by atoms with Gasteiger partial charge >= 0.3 is 6.09 Å². The normalized spacial score (nSPS) is 15.7. The second-order valence-electron chi connectivity index (χ2n) is 7.98. The third kappa shape index (κ3) is 4.04. The van der Waals surface area contributed by atoms with Gasteiger partial charge in [0.2, 0.25) is 5.95 Å². The minimum atomic E-state index is -0.493. The second-order valence-corrected chi connectivity index (χ2v) is 7.98. The molecule has 6 nitrogen and oxygen atoms in total. The van der Waals surface area contributed by atoms with Gasteiger partial charge in [0.1, 0.15) is 0 Å². The molecule has 152 valence electrons. The molecular weight excluding hydrogens is 371 g/mol. The van der Waals surface area contributed by atoms with Gasteiger partial charge in [-0.05, 0) is 48.2 Å². The van der Waals surface area contributed by atoms with E-state index in [0.29, 0.717) is 37.4 Å². The van der Waals surface area contributed by atoms with Crippen molar-refractivity contribution in [3.63, 3.8) is 0 Å². The Morgan fingerprint density at radius 2 is 2.17 bits per heavy atom. The van der Waals surface area contributed by atoms with E-state index in [1.165, 1.54) is 6.07 Å². The quantitative estimate of drug-likeness (QED) is 0.509. The summed E-state index contributed by atoms with van der Waals surface area (Å²) >= 11 is 0. The van der Waals surface area contributed by atoms with Crippen LogP contribution in [0, 0.1) is 11.9 Å². The Labute approximate surface area is 168 Å². The lowest BCUT2D eigenvalue weighted by Gasteiger charge is -2.15. The van der Waals surface area contributed by atoms with Crippen LogP contribution in [0.15, 0.2) is 36.4 Å². The minimum Gasteiger partial charge on any atom is -0.449 e. The number of alkyl carbamates (subject to hydrolysis) is 1. The van der Waals surface area contributed by atoms with Crippen LogP contribution in [0.1, 0.15) is 30.8 Å². The number of anilines is 1. The van der Waals surface area contributed by atoms with E-state index in [1.54, 1.807) is 6.07 Å². The minimum absolute atomic E-state index is 0.0442. The number of fused-ring (bicyclic) bond motifs is 3. The Balaban J connectivity index is 1.62. The van der Waals surface area contributed by atoms with E-state index in [-0.39, 0.29) is 12.0 Å². The van der Waals surface area contributed by atoms with Crippen molar-refractivity contribution in [2.24, 2.45) is 5.92 Å². The summed E-state index contributed by atoms with van der Waals surface area (Å²) in [5.74, 6) is -0.205.